The number of benzene rings is 1. The summed E-state index contributed by atoms with van der Waals surface area (Å²) < 4.78 is 0. The Kier molecular flexibility index (Phi) is 13.7. The fraction of sp³-hybridized carbons (Fsp3) is 0.577. The average molecular weight is 550 g/mol. The summed E-state index contributed by atoms with van der Waals surface area (Å²) >= 11 is 0. The molecule has 1 aromatic rings. The maximum absolute atomic E-state index is 13.4. The lowest BCUT2D eigenvalue weighted by molar-refractivity contribution is -0.143. The van der Waals surface area contributed by atoms with Gasteiger partial charge in [-0.05, 0) is 42.4 Å². The lowest BCUT2D eigenvalue weighted by Crippen LogP contribution is -2.59. The Labute approximate surface area is 229 Å². The van der Waals surface area contributed by atoms with Crippen LogP contribution in [0.2, 0.25) is 0 Å². The van der Waals surface area contributed by atoms with E-state index in [1.165, 1.54) is 12.1 Å². The number of hydrogen-bond acceptors (Lipinski definition) is 7. The SMILES string of the molecule is CCC(C)C(NC(=O)C(Cc1ccc(O)cc1)NC(=O)C(N)C(C)C)C(=O)NC(CCCN=C(N)N)C(=O)O. The Hall–Kier alpha value is -3.87. The highest BCUT2D eigenvalue weighted by molar-refractivity contribution is 5.94. The predicted octanol–water partition coefficient (Wildman–Crippen LogP) is -0.443. The van der Waals surface area contributed by atoms with Crippen molar-refractivity contribution in [3.63, 3.8) is 0 Å². The summed E-state index contributed by atoms with van der Waals surface area (Å²) in [4.78, 5) is 54.9. The van der Waals surface area contributed by atoms with Crippen LogP contribution in [-0.2, 0) is 25.6 Å². The Morgan fingerprint density at radius 3 is 2.03 bits per heavy atom. The van der Waals surface area contributed by atoms with Crippen molar-refractivity contribution >= 4 is 29.7 Å². The number of carbonyl (C=O) groups excluding carboxylic acids is 3. The first-order chi connectivity index (χ1) is 18.3. The number of phenols is 1. The Morgan fingerprint density at radius 2 is 1.51 bits per heavy atom. The van der Waals surface area contributed by atoms with Crippen molar-refractivity contribution in [2.45, 2.75) is 77.5 Å². The summed E-state index contributed by atoms with van der Waals surface area (Å²) in [5.74, 6) is -3.66. The van der Waals surface area contributed by atoms with Crippen LogP contribution in [-0.4, -0.2) is 70.6 Å². The van der Waals surface area contributed by atoms with Crippen molar-refractivity contribution in [2.24, 2.45) is 34.0 Å². The van der Waals surface area contributed by atoms with E-state index in [4.69, 9.17) is 17.2 Å². The molecule has 5 unspecified atom stereocenters. The molecule has 13 heteroatoms. The van der Waals surface area contributed by atoms with E-state index in [1.807, 2.05) is 6.92 Å². The van der Waals surface area contributed by atoms with Crippen LogP contribution in [0.25, 0.3) is 0 Å². The van der Waals surface area contributed by atoms with Crippen LogP contribution in [0.3, 0.4) is 0 Å². The van der Waals surface area contributed by atoms with E-state index in [0.717, 1.165) is 0 Å². The number of rotatable bonds is 16. The molecule has 0 saturated carbocycles. The number of nitrogens with one attached hydrogen (secondary N) is 3. The molecule has 0 saturated heterocycles. The van der Waals surface area contributed by atoms with Gasteiger partial charge in [-0.2, -0.15) is 0 Å². The first-order valence-corrected chi connectivity index (χ1v) is 13.0. The molecule has 13 nitrogen and oxygen atoms in total. The number of amides is 3. The van der Waals surface area contributed by atoms with Crippen LogP contribution in [0, 0.1) is 11.8 Å². The Morgan fingerprint density at radius 1 is 0.923 bits per heavy atom. The molecule has 0 spiro atoms. The minimum Gasteiger partial charge on any atom is -0.508 e. The predicted molar refractivity (Wildman–Crippen MR) is 147 cm³/mol. The number of phenolic OH excluding ortho intramolecular Hbond substituents is 1. The number of carboxylic acids is 1. The van der Waals surface area contributed by atoms with Crippen LogP contribution in [0.1, 0.15) is 52.5 Å². The number of aliphatic imine (C=N–C) groups is 1. The number of carbonyl (C=O) groups is 4. The van der Waals surface area contributed by atoms with Gasteiger partial charge in [-0.1, -0.05) is 46.2 Å². The number of guanidine groups is 1. The molecule has 5 atom stereocenters. The molecular formula is C26H43N7O6. The van der Waals surface area contributed by atoms with Gasteiger partial charge in [-0.15, -0.1) is 0 Å². The fourth-order valence-electron chi connectivity index (χ4n) is 3.63. The van der Waals surface area contributed by atoms with Crippen molar-refractivity contribution in [2.75, 3.05) is 6.54 Å². The van der Waals surface area contributed by atoms with E-state index in [2.05, 4.69) is 20.9 Å². The molecule has 3 amide bonds. The highest BCUT2D eigenvalue weighted by atomic mass is 16.4. The number of nitrogens with two attached hydrogens (primary N) is 3. The summed E-state index contributed by atoms with van der Waals surface area (Å²) in [6.45, 7) is 7.34. The maximum atomic E-state index is 13.4. The molecule has 0 fully saturated rings. The lowest BCUT2D eigenvalue weighted by atomic mass is 9.96. The molecular weight excluding hydrogens is 506 g/mol. The van der Waals surface area contributed by atoms with Gasteiger partial charge in [-0.3, -0.25) is 19.4 Å². The zero-order valence-electron chi connectivity index (χ0n) is 23.0. The van der Waals surface area contributed by atoms with Gasteiger partial charge in [0, 0.05) is 13.0 Å². The molecule has 0 aliphatic rings. The highest BCUT2D eigenvalue weighted by Crippen LogP contribution is 2.14. The van der Waals surface area contributed by atoms with Crippen molar-refractivity contribution in [3.8, 4) is 5.75 Å². The molecule has 1 aromatic carbocycles. The molecule has 39 heavy (non-hydrogen) atoms. The van der Waals surface area contributed by atoms with Crippen molar-refractivity contribution < 1.29 is 29.4 Å². The minimum absolute atomic E-state index is 0.0467. The molecule has 0 aromatic heterocycles. The van der Waals surface area contributed by atoms with Gasteiger partial charge in [0.25, 0.3) is 0 Å². The van der Waals surface area contributed by atoms with Crippen molar-refractivity contribution in [1.82, 2.24) is 16.0 Å². The Bertz CT molecular complexity index is 995. The van der Waals surface area contributed by atoms with E-state index >= 15 is 0 Å². The summed E-state index contributed by atoms with van der Waals surface area (Å²) in [6.07, 6.45) is 0.964. The van der Waals surface area contributed by atoms with Gasteiger partial charge in [0.2, 0.25) is 17.7 Å². The van der Waals surface area contributed by atoms with E-state index in [1.54, 1.807) is 32.9 Å². The standard InChI is InChI=1S/C26H43N7O6/c1-5-15(4)21(24(37)31-18(25(38)39)7-6-12-30-26(28)29)33-22(35)19(32-23(36)20(27)14(2)3)13-16-8-10-17(34)11-9-16/h8-11,14-15,18-21,34H,5-7,12-13,27H2,1-4H3,(H,31,37)(H,32,36)(H,33,35)(H,38,39)(H4,28,29,30). The third-order valence-corrected chi connectivity index (χ3v) is 6.38. The normalized spacial score (nSPS) is 14.8. The second kappa shape index (κ2) is 16.2. The van der Waals surface area contributed by atoms with Gasteiger partial charge < -0.3 is 43.4 Å². The number of aliphatic carboxylic acids is 1. The molecule has 0 aliphatic heterocycles. The number of nitrogens with zero attached hydrogens (tertiary/aromatic N) is 1. The first kappa shape index (κ1) is 33.2. The summed E-state index contributed by atoms with van der Waals surface area (Å²) in [6, 6.07) is 1.92. The zero-order valence-corrected chi connectivity index (χ0v) is 23.0. The van der Waals surface area contributed by atoms with E-state index in [-0.39, 0.29) is 42.9 Å². The molecule has 0 radical (unpaired) electrons. The van der Waals surface area contributed by atoms with Gasteiger partial charge in [0.15, 0.2) is 5.96 Å². The number of carboxylic acid groups (broad SMARTS) is 1. The van der Waals surface area contributed by atoms with Gasteiger partial charge in [0.05, 0.1) is 6.04 Å². The van der Waals surface area contributed by atoms with E-state index < -0.39 is 47.9 Å². The first-order valence-electron chi connectivity index (χ1n) is 13.0. The van der Waals surface area contributed by atoms with Gasteiger partial charge in [-0.25, -0.2) is 4.79 Å². The average Bonchev–Trinajstić information content (AvgIpc) is 2.88. The topological polar surface area (TPSA) is 235 Å². The highest BCUT2D eigenvalue weighted by Gasteiger charge is 2.33. The number of aromatic hydroxyl groups is 1. The van der Waals surface area contributed by atoms with Crippen molar-refractivity contribution in [3.05, 3.63) is 29.8 Å². The molecule has 11 N–H and O–H groups in total. The molecule has 0 aliphatic carbocycles. The van der Waals surface area contributed by atoms with E-state index in [9.17, 15) is 29.4 Å². The minimum atomic E-state index is -1.23. The summed E-state index contributed by atoms with van der Waals surface area (Å²) in [7, 11) is 0. The van der Waals surface area contributed by atoms with Crippen molar-refractivity contribution in [1.29, 1.82) is 0 Å². The van der Waals surface area contributed by atoms with E-state index in [0.29, 0.717) is 18.4 Å². The van der Waals surface area contributed by atoms with Crippen LogP contribution < -0.4 is 33.2 Å². The van der Waals surface area contributed by atoms with Gasteiger partial charge in [0.1, 0.15) is 23.9 Å². The lowest BCUT2D eigenvalue weighted by Gasteiger charge is -2.28. The third kappa shape index (κ3) is 11.6. The monoisotopic (exact) mass is 549 g/mol. The molecule has 0 heterocycles. The molecule has 218 valence electrons. The quantitative estimate of drug-likeness (QED) is 0.0756. The summed E-state index contributed by atoms with van der Waals surface area (Å²) in [5, 5.41) is 27.0. The fourth-order valence-corrected chi connectivity index (χ4v) is 3.63. The largest absolute Gasteiger partial charge is 0.508 e. The van der Waals surface area contributed by atoms with Gasteiger partial charge >= 0.3 is 5.97 Å². The maximum Gasteiger partial charge on any atom is 0.326 e. The summed E-state index contributed by atoms with van der Waals surface area (Å²) in [5.41, 5.74) is 17.2. The number of hydrogen-bond donors (Lipinski definition) is 8. The van der Waals surface area contributed by atoms with Crippen LogP contribution >= 0.6 is 0 Å². The Balaban J connectivity index is 3.11. The smallest absolute Gasteiger partial charge is 0.326 e. The molecule has 0 bridgehead atoms. The third-order valence-electron chi connectivity index (χ3n) is 6.38. The van der Waals surface area contributed by atoms with Crippen LogP contribution in [0.5, 0.6) is 5.75 Å². The second-order valence-electron chi connectivity index (χ2n) is 9.92. The second-order valence-corrected chi connectivity index (χ2v) is 9.92. The van der Waals surface area contributed by atoms with Crippen LogP contribution in [0.15, 0.2) is 29.3 Å². The zero-order chi connectivity index (χ0) is 29.7. The van der Waals surface area contributed by atoms with Crippen LogP contribution in [0.4, 0.5) is 0 Å². The molecule has 1 rings (SSSR count).